The van der Waals surface area contributed by atoms with Crippen molar-refractivity contribution in [1.29, 1.82) is 0 Å². The van der Waals surface area contributed by atoms with Crippen molar-refractivity contribution in [2.75, 3.05) is 0 Å². The molecule has 7 heteroatoms. The van der Waals surface area contributed by atoms with Gasteiger partial charge in [-0.1, -0.05) is 0 Å². The quantitative estimate of drug-likeness (QED) is 0.900. The first-order valence-electron chi connectivity index (χ1n) is 5.21. The lowest BCUT2D eigenvalue weighted by atomic mass is 10.3. The molecule has 0 bridgehead atoms. The minimum atomic E-state index is 0. The number of aryl methyl sites for hydroxylation is 1. The lowest BCUT2D eigenvalue weighted by Gasteiger charge is -2.12. The first kappa shape index (κ1) is 14.1. The molecule has 2 aromatic rings. The van der Waals surface area contributed by atoms with Gasteiger partial charge in [0.25, 0.3) is 0 Å². The van der Waals surface area contributed by atoms with E-state index >= 15 is 0 Å². The lowest BCUT2D eigenvalue weighted by Crippen LogP contribution is -2.29. The van der Waals surface area contributed by atoms with E-state index in [9.17, 15) is 0 Å². The Bertz CT molecular complexity index is 428. The Morgan fingerprint density at radius 2 is 2.35 bits per heavy atom. The molecule has 0 saturated heterocycles. The average molecular weight is 274 g/mol. The molecule has 0 radical (unpaired) electrons. The van der Waals surface area contributed by atoms with Crippen LogP contribution < -0.4 is 5.32 Å². The number of hydrogen-bond acceptors (Lipinski definition) is 5. The van der Waals surface area contributed by atoms with Gasteiger partial charge >= 0.3 is 0 Å². The third-order valence-corrected chi connectivity index (χ3v) is 3.13. The molecule has 0 spiro atoms. The summed E-state index contributed by atoms with van der Waals surface area (Å²) in [6.07, 6.45) is 5.21. The van der Waals surface area contributed by atoms with E-state index in [1.807, 2.05) is 17.8 Å². The Morgan fingerprint density at radius 1 is 1.53 bits per heavy atom. The van der Waals surface area contributed by atoms with Crippen LogP contribution in [0.5, 0.6) is 0 Å². The molecule has 0 aliphatic carbocycles. The highest BCUT2D eigenvalue weighted by Crippen LogP contribution is 2.10. The summed E-state index contributed by atoms with van der Waals surface area (Å²) in [6, 6.07) is 0.365. The van der Waals surface area contributed by atoms with Gasteiger partial charge in [0, 0.05) is 23.7 Å². The van der Waals surface area contributed by atoms with Crippen LogP contribution in [0.25, 0.3) is 0 Å². The van der Waals surface area contributed by atoms with Gasteiger partial charge in [0.15, 0.2) is 0 Å². The zero-order chi connectivity index (χ0) is 11.4. The van der Waals surface area contributed by atoms with Crippen molar-refractivity contribution >= 4 is 23.7 Å². The predicted octanol–water partition coefficient (Wildman–Crippen LogP) is 1.64. The predicted molar refractivity (Wildman–Crippen MR) is 70.4 cm³/mol. The first-order valence-corrected chi connectivity index (χ1v) is 6.03. The summed E-state index contributed by atoms with van der Waals surface area (Å²) in [6.45, 7) is 5.85. The fourth-order valence-electron chi connectivity index (χ4n) is 1.43. The smallest absolute Gasteiger partial charge is 0.137 e. The van der Waals surface area contributed by atoms with Crippen LogP contribution in [-0.4, -0.2) is 25.8 Å². The number of nitrogens with zero attached hydrogens (tertiary/aromatic N) is 4. The largest absolute Gasteiger partial charge is 0.307 e. The fraction of sp³-hybridized carbons (Fsp3) is 0.500. The number of aromatic nitrogens is 4. The molecule has 2 aromatic heterocycles. The summed E-state index contributed by atoms with van der Waals surface area (Å²) >= 11 is 1.73. The van der Waals surface area contributed by atoms with Crippen LogP contribution in [0.2, 0.25) is 0 Å². The first-order chi connectivity index (χ1) is 7.74. The van der Waals surface area contributed by atoms with Crippen LogP contribution in [0, 0.1) is 6.92 Å². The molecule has 0 aliphatic rings. The highest BCUT2D eigenvalue weighted by atomic mass is 35.5. The van der Waals surface area contributed by atoms with Crippen LogP contribution in [0.3, 0.4) is 0 Å². The van der Waals surface area contributed by atoms with Crippen molar-refractivity contribution in [3.63, 3.8) is 0 Å². The molecular formula is C10H16ClN5S. The van der Waals surface area contributed by atoms with Gasteiger partial charge in [-0.25, -0.2) is 9.97 Å². The molecule has 2 rings (SSSR count). The van der Waals surface area contributed by atoms with Crippen molar-refractivity contribution in [1.82, 2.24) is 25.1 Å². The van der Waals surface area contributed by atoms with Gasteiger partial charge in [0.1, 0.15) is 12.7 Å². The maximum atomic E-state index is 4.22. The second-order valence-electron chi connectivity index (χ2n) is 3.75. The maximum Gasteiger partial charge on any atom is 0.137 e. The van der Waals surface area contributed by atoms with E-state index in [0.29, 0.717) is 6.04 Å². The second-order valence-corrected chi connectivity index (χ2v) is 5.06. The van der Waals surface area contributed by atoms with Gasteiger partial charge in [-0.3, -0.25) is 4.68 Å². The minimum Gasteiger partial charge on any atom is -0.307 e. The molecule has 1 N–H and O–H groups in total. The normalized spacial score (nSPS) is 12.1. The molecule has 2 heterocycles. The van der Waals surface area contributed by atoms with Crippen molar-refractivity contribution in [3.8, 4) is 0 Å². The van der Waals surface area contributed by atoms with Gasteiger partial charge in [-0.15, -0.1) is 23.7 Å². The third kappa shape index (κ3) is 4.41. The number of thiazole rings is 1. The van der Waals surface area contributed by atoms with E-state index in [1.54, 1.807) is 24.0 Å². The summed E-state index contributed by atoms with van der Waals surface area (Å²) in [4.78, 5) is 9.40. The monoisotopic (exact) mass is 273 g/mol. The summed E-state index contributed by atoms with van der Waals surface area (Å²) in [7, 11) is 0. The van der Waals surface area contributed by atoms with Crippen LogP contribution in [0.15, 0.2) is 18.9 Å². The molecule has 0 saturated carbocycles. The van der Waals surface area contributed by atoms with E-state index in [4.69, 9.17) is 0 Å². The zero-order valence-corrected chi connectivity index (χ0v) is 11.5. The summed E-state index contributed by atoms with van der Waals surface area (Å²) in [5, 5.41) is 8.62. The van der Waals surface area contributed by atoms with E-state index in [2.05, 4.69) is 27.3 Å². The number of nitrogens with one attached hydrogen (secondary N) is 1. The highest BCUT2D eigenvalue weighted by molar-refractivity contribution is 7.11. The Kier molecular flexibility index (Phi) is 5.54. The Balaban J connectivity index is 0.00000144. The van der Waals surface area contributed by atoms with Crippen LogP contribution >= 0.6 is 23.7 Å². The average Bonchev–Trinajstić information content (AvgIpc) is 2.87. The SMILES string of the molecule is Cc1ncc(CNC(C)Cn2cncn2)s1.Cl. The topological polar surface area (TPSA) is 55.6 Å². The van der Waals surface area contributed by atoms with Crippen LogP contribution in [0.4, 0.5) is 0 Å². The van der Waals surface area contributed by atoms with E-state index in [-0.39, 0.29) is 12.4 Å². The van der Waals surface area contributed by atoms with Crippen LogP contribution in [-0.2, 0) is 13.1 Å². The van der Waals surface area contributed by atoms with Crippen molar-refractivity contribution in [3.05, 3.63) is 28.7 Å². The standard InChI is InChI=1S/C10H15N5S.ClH/c1-8(5-15-7-11-6-14-15)12-3-10-4-13-9(2)16-10;/h4,6-8,12H,3,5H2,1-2H3;1H. The third-order valence-electron chi connectivity index (χ3n) is 2.22. The molecule has 0 aliphatic heterocycles. The van der Waals surface area contributed by atoms with Crippen molar-refractivity contribution in [2.45, 2.75) is 33.0 Å². The molecule has 1 atom stereocenters. The molecule has 1 unspecified atom stereocenters. The minimum absolute atomic E-state index is 0. The van der Waals surface area contributed by atoms with Crippen LogP contribution in [0.1, 0.15) is 16.8 Å². The number of halogens is 1. The fourth-order valence-corrected chi connectivity index (χ4v) is 2.18. The van der Waals surface area contributed by atoms with E-state index in [0.717, 1.165) is 18.1 Å². The Labute approximate surface area is 111 Å². The van der Waals surface area contributed by atoms with Crippen molar-refractivity contribution in [2.24, 2.45) is 0 Å². The molecule has 5 nitrogen and oxygen atoms in total. The Morgan fingerprint density at radius 3 is 2.94 bits per heavy atom. The summed E-state index contributed by atoms with van der Waals surface area (Å²) in [5.74, 6) is 0. The Hall–Kier alpha value is -0.980. The van der Waals surface area contributed by atoms with E-state index in [1.165, 1.54) is 4.88 Å². The molecule has 0 amide bonds. The zero-order valence-electron chi connectivity index (χ0n) is 9.83. The molecular weight excluding hydrogens is 258 g/mol. The van der Waals surface area contributed by atoms with Gasteiger partial charge in [-0.2, -0.15) is 5.10 Å². The molecule has 94 valence electrons. The number of hydrogen-bond donors (Lipinski definition) is 1. The highest BCUT2D eigenvalue weighted by Gasteiger charge is 2.04. The summed E-state index contributed by atoms with van der Waals surface area (Å²) < 4.78 is 1.83. The van der Waals surface area contributed by atoms with Gasteiger partial charge in [-0.05, 0) is 13.8 Å². The molecule has 0 fully saturated rings. The lowest BCUT2D eigenvalue weighted by molar-refractivity contribution is 0.451. The summed E-state index contributed by atoms with van der Waals surface area (Å²) in [5.41, 5.74) is 0. The maximum absolute atomic E-state index is 4.22. The van der Waals surface area contributed by atoms with Gasteiger partial charge in [0.2, 0.25) is 0 Å². The second kappa shape index (κ2) is 6.68. The molecule has 0 aromatic carbocycles. The molecule has 17 heavy (non-hydrogen) atoms. The van der Waals surface area contributed by atoms with Gasteiger partial charge < -0.3 is 5.32 Å². The van der Waals surface area contributed by atoms with E-state index < -0.39 is 0 Å². The van der Waals surface area contributed by atoms with Crippen molar-refractivity contribution < 1.29 is 0 Å². The van der Waals surface area contributed by atoms with Gasteiger partial charge in [0.05, 0.1) is 11.6 Å². The number of rotatable bonds is 5.